The maximum Gasteiger partial charge on any atom is 0.207 e. The Bertz CT molecular complexity index is 370. The Morgan fingerprint density at radius 3 is 2.64 bits per heavy atom. The molecule has 78 valence electrons. The molecule has 1 aliphatic rings. The van der Waals surface area contributed by atoms with Gasteiger partial charge < -0.3 is 4.90 Å². The summed E-state index contributed by atoms with van der Waals surface area (Å²) in [6.45, 7) is 7.96. The molecule has 0 radical (unpaired) electrons. The maximum absolute atomic E-state index is 5.04. The molecule has 2 heterocycles. The van der Waals surface area contributed by atoms with Crippen LogP contribution in [0.4, 0.5) is 5.13 Å². The molecule has 1 fully saturated rings. The fraction of sp³-hybridized carbons (Fsp3) is 0.778. The Morgan fingerprint density at radius 1 is 1.50 bits per heavy atom. The molecular formula is C9H15N3S2. The van der Waals surface area contributed by atoms with Crippen molar-refractivity contribution in [1.82, 2.24) is 10.2 Å². The molecule has 1 N–H and O–H groups in total. The van der Waals surface area contributed by atoms with Crippen molar-refractivity contribution in [2.45, 2.75) is 26.8 Å². The fourth-order valence-electron chi connectivity index (χ4n) is 2.00. The Balaban J connectivity index is 2.25. The van der Waals surface area contributed by atoms with Crippen molar-refractivity contribution < 1.29 is 0 Å². The van der Waals surface area contributed by atoms with E-state index >= 15 is 0 Å². The van der Waals surface area contributed by atoms with Crippen LogP contribution in [0.3, 0.4) is 0 Å². The van der Waals surface area contributed by atoms with Gasteiger partial charge in [0.2, 0.25) is 5.13 Å². The van der Waals surface area contributed by atoms with Crippen LogP contribution in [0, 0.1) is 15.8 Å². The van der Waals surface area contributed by atoms with Crippen LogP contribution in [0.15, 0.2) is 0 Å². The van der Waals surface area contributed by atoms with Gasteiger partial charge in [-0.2, -0.15) is 0 Å². The first-order valence-corrected chi connectivity index (χ1v) is 6.14. The van der Waals surface area contributed by atoms with Gasteiger partial charge in [-0.3, -0.25) is 5.10 Å². The summed E-state index contributed by atoms with van der Waals surface area (Å²) in [5.74, 6) is 1.47. The van der Waals surface area contributed by atoms with Crippen LogP contribution in [0.1, 0.15) is 20.8 Å². The van der Waals surface area contributed by atoms with Crippen molar-refractivity contribution in [3.8, 4) is 0 Å². The molecule has 3 nitrogen and oxygen atoms in total. The fourth-order valence-corrected chi connectivity index (χ4v) is 2.97. The van der Waals surface area contributed by atoms with E-state index in [0.29, 0.717) is 6.04 Å². The van der Waals surface area contributed by atoms with Crippen LogP contribution in [-0.4, -0.2) is 22.8 Å². The van der Waals surface area contributed by atoms with Crippen molar-refractivity contribution in [3.05, 3.63) is 3.95 Å². The first kappa shape index (κ1) is 10.1. The molecular weight excluding hydrogens is 214 g/mol. The van der Waals surface area contributed by atoms with Gasteiger partial charge in [0.15, 0.2) is 3.95 Å². The van der Waals surface area contributed by atoms with Gasteiger partial charge in [0.25, 0.3) is 0 Å². The summed E-state index contributed by atoms with van der Waals surface area (Å²) in [4.78, 5) is 2.35. The molecule has 0 bridgehead atoms. The van der Waals surface area contributed by atoms with Crippen LogP contribution in [0.5, 0.6) is 0 Å². The first-order chi connectivity index (χ1) is 6.59. The zero-order valence-corrected chi connectivity index (χ0v) is 10.3. The number of hydrogen-bond donors (Lipinski definition) is 1. The van der Waals surface area contributed by atoms with Crippen molar-refractivity contribution >= 4 is 28.7 Å². The number of aromatic nitrogens is 2. The van der Waals surface area contributed by atoms with E-state index in [1.165, 1.54) is 0 Å². The van der Waals surface area contributed by atoms with Crippen LogP contribution >= 0.6 is 23.6 Å². The number of H-pyrrole nitrogens is 1. The van der Waals surface area contributed by atoms with Gasteiger partial charge in [0.1, 0.15) is 0 Å². The van der Waals surface area contributed by atoms with Gasteiger partial charge in [-0.05, 0) is 31.0 Å². The molecule has 0 aromatic carbocycles. The largest absolute Gasteiger partial charge is 0.343 e. The van der Waals surface area contributed by atoms with Gasteiger partial charge in [-0.15, -0.1) is 5.10 Å². The molecule has 2 rings (SSSR count). The molecule has 3 atom stereocenters. The minimum absolute atomic E-state index is 0.568. The first-order valence-electron chi connectivity index (χ1n) is 4.91. The van der Waals surface area contributed by atoms with Gasteiger partial charge in [0.05, 0.1) is 0 Å². The monoisotopic (exact) mass is 229 g/mol. The van der Waals surface area contributed by atoms with Crippen LogP contribution < -0.4 is 4.90 Å². The van der Waals surface area contributed by atoms with E-state index in [1.807, 2.05) is 0 Å². The zero-order valence-electron chi connectivity index (χ0n) is 8.65. The Hall–Kier alpha value is -0.420. The van der Waals surface area contributed by atoms with E-state index in [4.69, 9.17) is 12.2 Å². The molecule has 1 aromatic rings. The van der Waals surface area contributed by atoms with Gasteiger partial charge >= 0.3 is 0 Å². The highest BCUT2D eigenvalue weighted by Crippen LogP contribution is 2.33. The van der Waals surface area contributed by atoms with Crippen molar-refractivity contribution in [2.24, 2.45) is 11.8 Å². The lowest BCUT2D eigenvalue weighted by Gasteiger charge is -2.21. The second-order valence-electron chi connectivity index (χ2n) is 4.13. The molecule has 1 saturated heterocycles. The van der Waals surface area contributed by atoms with Gasteiger partial charge in [-0.1, -0.05) is 25.2 Å². The van der Waals surface area contributed by atoms with Crippen molar-refractivity contribution in [3.63, 3.8) is 0 Å². The van der Waals surface area contributed by atoms with E-state index < -0.39 is 0 Å². The quantitative estimate of drug-likeness (QED) is 0.751. The number of aromatic amines is 1. The van der Waals surface area contributed by atoms with E-state index in [0.717, 1.165) is 27.5 Å². The van der Waals surface area contributed by atoms with Crippen molar-refractivity contribution in [1.29, 1.82) is 0 Å². The average Bonchev–Trinajstić information content (AvgIpc) is 2.66. The third-order valence-electron chi connectivity index (χ3n) is 3.31. The topological polar surface area (TPSA) is 31.9 Å². The average molecular weight is 229 g/mol. The summed E-state index contributed by atoms with van der Waals surface area (Å²) in [7, 11) is 0. The molecule has 0 aliphatic carbocycles. The molecule has 3 unspecified atom stereocenters. The minimum atomic E-state index is 0.568. The predicted octanol–water partition coefficient (Wildman–Crippen LogP) is 2.68. The van der Waals surface area contributed by atoms with Crippen molar-refractivity contribution in [2.75, 3.05) is 11.4 Å². The number of hydrogen-bond acceptors (Lipinski definition) is 4. The molecule has 0 spiro atoms. The molecule has 0 saturated carbocycles. The molecule has 1 aromatic heterocycles. The standard InChI is InChI=1S/C9H15N3S2/c1-5-4-12(7(3)6(5)2)8-10-11-9(13)14-8/h5-7H,4H2,1-3H3,(H,11,13). The predicted molar refractivity (Wildman–Crippen MR) is 62.4 cm³/mol. The Morgan fingerprint density at radius 2 is 2.21 bits per heavy atom. The third kappa shape index (κ3) is 1.59. The summed E-state index contributed by atoms with van der Waals surface area (Å²) in [5.41, 5.74) is 0. The summed E-state index contributed by atoms with van der Waals surface area (Å²) in [6, 6.07) is 0.568. The highest BCUT2D eigenvalue weighted by Gasteiger charge is 2.34. The number of nitrogens with zero attached hydrogens (tertiary/aromatic N) is 2. The Labute approximate surface area is 93.1 Å². The van der Waals surface area contributed by atoms with E-state index in [-0.39, 0.29) is 0 Å². The minimum Gasteiger partial charge on any atom is -0.343 e. The summed E-state index contributed by atoms with van der Waals surface area (Å²) in [5, 5.41) is 8.11. The number of rotatable bonds is 1. The smallest absolute Gasteiger partial charge is 0.207 e. The second kappa shape index (κ2) is 3.62. The van der Waals surface area contributed by atoms with E-state index in [9.17, 15) is 0 Å². The number of nitrogens with one attached hydrogen (secondary N) is 1. The molecule has 14 heavy (non-hydrogen) atoms. The lowest BCUT2D eigenvalue weighted by Crippen LogP contribution is -2.28. The highest BCUT2D eigenvalue weighted by atomic mass is 32.1. The summed E-state index contributed by atoms with van der Waals surface area (Å²) < 4.78 is 0.763. The highest BCUT2D eigenvalue weighted by molar-refractivity contribution is 7.73. The molecule has 1 aliphatic heterocycles. The Kier molecular flexibility index (Phi) is 2.62. The van der Waals surface area contributed by atoms with Crippen LogP contribution in [0.2, 0.25) is 0 Å². The normalized spacial score (nSPS) is 32.5. The van der Waals surface area contributed by atoms with E-state index in [2.05, 4.69) is 35.9 Å². The maximum atomic E-state index is 5.04. The second-order valence-corrected chi connectivity index (χ2v) is 5.77. The third-order valence-corrected chi connectivity index (χ3v) is 4.43. The van der Waals surface area contributed by atoms with Gasteiger partial charge in [-0.25, -0.2) is 0 Å². The van der Waals surface area contributed by atoms with E-state index in [1.54, 1.807) is 11.3 Å². The summed E-state index contributed by atoms with van der Waals surface area (Å²) in [6.07, 6.45) is 0. The summed E-state index contributed by atoms with van der Waals surface area (Å²) >= 11 is 6.61. The van der Waals surface area contributed by atoms with Crippen LogP contribution in [-0.2, 0) is 0 Å². The number of anilines is 1. The lowest BCUT2D eigenvalue weighted by atomic mass is 9.95. The zero-order chi connectivity index (χ0) is 10.3. The van der Waals surface area contributed by atoms with Crippen LogP contribution in [0.25, 0.3) is 0 Å². The molecule has 5 heteroatoms. The SMILES string of the molecule is CC1CN(c2n[nH]c(=S)s2)C(C)C1C. The lowest BCUT2D eigenvalue weighted by molar-refractivity contribution is 0.441. The van der Waals surface area contributed by atoms with Gasteiger partial charge in [0, 0.05) is 12.6 Å². The molecule has 0 amide bonds.